The first-order chi connectivity index (χ1) is 8.58. The summed E-state index contributed by atoms with van der Waals surface area (Å²) in [6, 6.07) is 0.462. The van der Waals surface area contributed by atoms with Crippen molar-refractivity contribution in [3.8, 4) is 0 Å². The van der Waals surface area contributed by atoms with E-state index in [0.717, 1.165) is 24.9 Å². The van der Waals surface area contributed by atoms with E-state index in [1.807, 2.05) is 0 Å². The van der Waals surface area contributed by atoms with Gasteiger partial charge in [-0.05, 0) is 63.1 Å². The molecule has 18 heavy (non-hydrogen) atoms. The molecular formula is C15H27N3. The van der Waals surface area contributed by atoms with Gasteiger partial charge >= 0.3 is 0 Å². The Bertz CT molecular complexity index is 368. The van der Waals surface area contributed by atoms with E-state index in [1.54, 1.807) is 0 Å². The lowest BCUT2D eigenvalue weighted by atomic mass is 9.78. The summed E-state index contributed by atoms with van der Waals surface area (Å²) in [5.41, 5.74) is 1.44. The Labute approximate surface area is 111 Å². The van der Waals surface area contributed by atoms with E-state index < -0.39 is 0 Å². The van der Waals surface area contributed by atoms with Crippen LogP contribution in [0.15, 0.2) is 12.4 Å². The van der Waals surface area contributed by atoms with E-state index in [9.17, 15) is 0 Å². The second kappa shape index (κ2) is 5.87. The Morgan fingerprint density at radius 3 is 2.78 bits per heavy atom. The Kier molecular flexibility index (Phi) is 4.44. The number of nitrogens with one attached hydrogen (secondary N) is 1. The number of aromatic nitrogens is 2. The van der Waals surface area contributed by atoms with Gasteiger partial charge < -0.3 is 5.32 Å². The van der Waals surface area contributed by atoms with E-state index in [4.69, 9.17) is 0 Å². The minimum Gasteiger partial charge on any atom is -0.316 e. The summed E-state index contributed by atoms with van der Waals surface area (Å²) in [6.07, 6.45) is 6.91. The minimum absolute atomic E-state index is 0.462. The van der Waals surface area contributed by atoms with Gasteiger partial charge in [-0.3, -0.25) is 4.68 Å². The third-order valence-corrected chi connectivity index (χ3v) is 3.96. The lowest BCUT2D eigenvalue weighted by Gasteiger charge is -2.32. The molecule has 1 saturated heterocycles. The average molecular weight is 249 g/mol. The highest BCUT2D eigenvalue weighted by Crippen LogP contribution is 2.34. The first kappa shape index (κ1) is 13.6. The molecule has 1 aromatic heterocycles. The lowest BCUT2D eigenvalue weighted by molar-refractivity contribution is 0.280. The average Bonchev–Trinajstić information content (AvgIpc) is 2.78. The first-order valence-corrected chi connectivity index (χ1v) is 7.32. The summed E-state index contributed by atoms with van der Waals surface area (Å²) in [5, 5.41) is 8.04. The molecule has 1 aliphatic heterocycles. The molecule has 0 aliphatic carbocycles. The van der Waals surface area contributed by atoms with Crippen LogP contribution < -0.4 is 5.32 Å². The number of piperidine rings is 1. The van der Waals surface area contributed by atoms with Crippen LogP contribution in [0.4, 0.5) is 0 Å². The summed E-state index contributed by atoms with van der Waals surface area (Å²) in [4.78, 5) is 0. The molecule has 1 fully saturated rings. The summed E-state index contributed by atoms with van der Waals surface area (Å²) < 4.78 is 2.09. The van der Waals surface area contributed by atoms with Gasteiger partial charge in [0.15, 0.2) is 0 Å². The van der Waals surface area contributed by atoms with Gasteiger partial charge in [-0.2, -0.15) is 5.10 Å². The number of hydrogen-bond donors (Lipinski definition) is 1. The second-order valence-corrected chi connectivity index (χ2v) is 6.34. The van der Waals surface area contributed by atoms with E-state index in [2.05, 4.69) is 55.2 Å². The van der Waals surface area contributed by atoms with Crippen molar-refractivity contribution >= 4 is 0 Å². The van der Waals surface area contributed by atoms with Crippen LogP contribution >= 0.6 is 0 Å². The van der Waals surface area contributed by atoms with E-state index in [0.29, 0.717) is 12.0 Å². The van der Waals surface area contributed by atoms with Crippen LogP contribution in [0, 0.1) is 11.8 Å². The molecule has 0 spiro atoms. The zero-order valence-corrected chi connectivity index (χ0v) is 12.2. The maximum absolute atomic E-state index is 4.50. The summed E-state index contributed by atoms with van der Waals surface area (Å²) in [7, 11) is 0. The predicted molar refractivity (Wildman–Crippen MR) is 75.8 cm³/mol. The largest absolute Gasteiger partial charge is 0.316 e. The van der Waals surface area contributed by atoms with Crippen LogP contribution in [-0.4, -0.2) is 22.9 Å². The fourth-order valence-corrected chi connectivity index (χ4v) is 3.04. The molecule has 0 amide bonds. The fraction of sp³-hybridized carbons (Fsp3) is 0.800. The van der Waals surface area contributed by atoms with Crippen LogP contribution in [0.2, 0.25) is 0 Å². The van der Waals surface area contributed by atoms with Crippen molar-refractivity contribution in [3.05, 3.63) is 18.0 Å². The second-order valence-electron chi connectivity index (χ2n) is 6.34. The quantitative estimate of drug-likeness (QED) is 0.888. The molecule has 1 aliphatic rings. The predicted octanol–water partition coefficient (Wildman–Crippen LogP) is 3.20. The van der Waals surface area contributed by atoms with Gasteiger partial charge in [-0.15, -0.1) is 0 Å². The van der Waals surface area contributed by atoms with Crippen molar-refractivity contribution in [2.24, 2.45) is 11.8 Å². The third-order valence-electron chi connectivity index (χ3n) is 3.96. The molecule has 2 atom stereocenters. The smallest absolute Gasteiger partial charge is 0.0524 e. The molecule has 0 aromatic carbocycles. The molecule has 0 radical (unpaired) electrons. The molecule has 2 rings (SSSR count). The van der Waals surface area contributed by atoms with Gasteiger partial charge in [0.25, 0.3) is 0 Å². The number of nitrogens with zero attached hydrogens (tertiary/aromatic N) is 2. The van der Waals surface area contributed by atoms with Gasteiger partial charge in [0.2, 0.25) is 0 Å². The van der Waals surface area contributed by atoms with Crippen molar-refractivity contribution in [3.63, 3.8) is 0 Å². The standard InChI is InChI=1S/C15H27N3/c1-11(2)7-13-8-16-6-5-15(13)14-9-17-18(10-14)12(3)4/h9-13,15-16H,5-8H2,1-4H3. The molecule has 2 unspecified atom stereocenters. The Balaban J connectivity index is 2.11. The zero-order chi connectivity index (χ0) is 13.1. The summed E-state index contributed by atoms with van der Waals surface area (Å²) in [6.45, 7) is 11.3. The molecule has 0 saturated carbocycles. The normalized spacial score (nSPS) is 25.0. The minimum atomic E-state index is 0.462. The van der Waals surface area contributed by atoms with Crippen LogP contribution in [0.5, 0.6) is 0 Å². The van der Waals surface area contributed by atoms with Crippen molar-refractivity contribution in [2.75, 3.05) is 13.1 Å². The van der Waals surface area contributed by atoms with Gasteiger partial charge in [0.05, 0.1) is 6.20 Å². The summed E-state index contributed by atoms with van der Waals surface area (Å²) in [5.74, 6) is 2.24. The maximum Gasteiger partial charge on any atom is 0.0524 e. The fourth-order valence-electron chi connectivity index (χ4n) is 3.04. The topological polar surface area (TPSA) is 29.9 Å². The third kappa shape index (κ3) is 3.14. The van der Waals surface area contributed by atoms with Gasteiger partial charge in [-0.1, -0.05) is 13.8 Å². The zero-order valence-electron chi connectivity index (χ0n) is 12.2. The van der Waals surface area contributed by atoms with Crippen molar-refractivity contribution in [2.45, 2.75) is 52.5 Å². The monoisotopic (exact) mass is 249 g/mol. The molecule has 1 N–H and O–H groups in total. The van der Waals surface area contributed by atoms with E-state index in [1.165, 1.54) is 18.4 Å². The Morgan fingerprint density at radius 1 is 1.39 bits per heavy atom. The van der Waals surface area contributed by atoms with Crippen molar-refractivity contribution < 1.29 is 0 Å². The van der Waals surface area contributed by atoms with Crippen LogP contribution in [0.25, 0.3) is 0 Å². The van der Waals surface area contributed by atoms with Crippen LogP contribution in [0.3, 0.4) is 0 Å². The van der Waals surface area contributed by atoms with Crippen LogP contribution in [-0.2, 0) is 0 Å². The van der Waals surface area contributed by atoms with E-state index in [-0.39, 0.29) is 0 Å². The first-order valence-electron chi connectivity index (χ1n) is 7.32. The highest BCUT2D eigenvalue weighted by Gasteiger charge is 2.27. The molecule has 3 nitrogen and oxygen atoms in total. The maximum atomic E-state index is 4.50. The van der Waals surface area contributed by atoms with E-state index >= 15 is 0 Å². The van der Waals surface area contributed by atoms with Gasteiger partial charge in [0.1, 0.15) is 0 Å². The molecule has 2 heterocycles. The SMILES string of the molecule is CC(C)CC1CNCCC1c1cnn(C(C)C)c1. The number of hydrogen-bond acceptors (Lipinski definition) is 2. The highest BCUT2D eigenvalue weighted by molar-refractivity contribution is 5.14. The van der Waals surface area contributed by atoms with Crippen molar-refractivity contribution in [1.82, 2.24) is 15.1 Å². The molecule has 3 heteroatoms. The Hall–Kier alpha value is -0.830. The van der Waals surface area contributed by atoms with Crippen LogP contribution in [0.1, 0.15) is 58.1 Å². The molecule has 0 bridgehead atoms. The Morgan fingerprint density at radius 2 is 2.17 bits per heavy atom. The van der Waals surface area contributed by atoms with Crippen molar-refractivity contribution in [1.29, 1.82) is 0 Å². The lowest BCUT2D eigenvalue weighted by Crippen LogP contribution is -2.36. The highest BCUT2D eigenvalue weighted by atomic mass is 15.3. The number of rotatable bonds is 4. The van der Waals surface area contributed by atoms with Gasteiger partial charge in [-0.25, -0.2) is 0 Å². The molecule has 102 valence electrons. The van der Waals surface area contributed by atoms with Gasteiger partial charge in [0, 0.05) is 12.2 Å². The molecular weight excluding hydrogens is 222 g/mol. The summed E-state index contributed by atoms with van der Waals surface area (Å²) >= 11 is 0. The molecule has 1 aromatic rings.